The van der Waals surface area contributed by atoms with Crippen molar-refractivity contribution in [1.29, 1.82) is 0 Å². The highest BCUT2D eigenvalue weighted by Gasteiger charge is 2.18. The summed E-state index contributed by atoms with van der Waals surface area (Å²) in [7, 11) is 0. The maximum absolute atomic E-state index is 11.3. The van der Waals surface area contributed by atoms with Crippen molar-refractivity contribution in [3.8, 4) is 0 Å². The Bertz CT molecular complexity index is 320. The van der Waals surface area contributed by atoms with Crippen LogP contribution in [0.15, 0.2) is 4.42 Å². The summed E-state index contributed by atoms with van der Waals surface area (Å²) in [6, 6.07) is 0. The van der Waals surface area contributed by atoms with E-state index >= 15 is 0 Å². The number of carbonyl (C=O) groups excluding carboxylic acids is 1. The third kappa shape index (κ3) is 2.25. The number of nitrogen functional groups attached to an aromatic ring is 1. The van der Waals surface area contributed by atoms with Gasteiger partial charge in [-0.25, -0.2) is 9.78 Å². The Morgan fingerprint density at radius 2 is 2.29 bits per heavy atom. The van der Waals surface area contributed by atoms with Crippen LogP contribution in [-0.2, 0) is 11.2 Å². The smallest absolute Gasteiger partial charge is 0.362 e. The van der Waals surface area contributed by atoms with E-state index in [-0.39, 0.29) is 11.6 Å². The van der Waals surface area contributed by atoms with Crippen molar-refractivity contribution in [1.82, 2.24) is 4.98 Å². The van der Waals surface area contributed by atoms with Crippen molar-refractivity contribution in [2.45, 2.75) is 26.7 Å². The first-order valence-corrected chi connectivity index (χ1v) is 4.61. The Morgan fingerprint density at radius 3 is 2.86 bits per heavy atom. The van der Waals surface area contributed by atoms with Crippen LogP contribution in [-0.4, -0.2) is 17.6 Å². The molecule has 0 aliphatic carbocycles. The van der Waals surface area contributed by atoms with Gasteiger partial charge in [0.15, 0.2) is 5.89 Å². The topological polar surface area (TPSA) is 78.3 Å². The molecule has 0 unspecified atom stereocenters. The van der Waals surface area contributed by atoms with Crippen molar-refractivity contribution in [2.24, 2.45) is 0 Å². The van der Waals surface area contributed by atoms with Crippen molar-refractivity contribution in [3.63, 3.8) is 0 Å². The molecule has 2 N–H and O–H groups in total. The summed E-state index contributed by atoms with van der Waals surface area (Å²) in [5.41, 5.74) is 5.55. The summed E-state index contributed by atoms with van der Waals surface area (Å²) in [6.45, 7) is 4.01. The molecule has 0 saturated carbocycles. The van der Waals surface area contributed by atoms with Crippen LogP contribution >= 0.6 is 0 Å². The van der Waals surface area contributed by atoms with Crippen molar-refractivity contribution in [3.05, 3.63) is 11.6 Å². The molecule has 5 heteroatoms. The lowest BCUT2D eigenvalue weighted by molar-refractivity contribution is 0.0521. The number of rotatable bonds is 4. The van der Waals surface area contributed by atoms with Gasteiger partial charge in [-0.2, -0.15) is 0 Å². The largest absolute Gasteiger partial charge is 0.461 e. The van der Waals surface area contributed by atoms with E-state index in [1.165, 1.54) is 0 Å². The minimum atomic E-state index is -0.531. The van der Waals surface area contributed by atoms with Gasteiger partial charge in [-0.15, -0.1) is 0 Å². The van der Waals surface area contributed by atoms with Crippen molar-refractivity contribution < 1.29 is 13.9 Å². The molecule has 0 fully saturated rings. The van der Waals surface area contributed by atoms with Gasteiger partial charge in [-0.05, 0) is 13.3 Å². The minimum Gasteiger partial charge on any atom is -0.461 e. The number of nitrogens with zero attached hydrogens (tertiary/aromatic N) is 1. The van der Waals surface area contributed by atoms with Gasteiger partial charge in [-0.3, -0.25) is 0 Å². The molecule has 0 aromatic carbocycles. The second-order valence-corrected chi connectivity index (χ2v) is 2.79. The zero-order valence-electron chi connectivity index (χ0n) is 8.37. The summed E-state index contributed by atoms with van der Waals surface area (Å²) < 4.78 is 9.85. The number of hydrogen-bond acceptors (Lipinski definition) is 5. The van der Waals surface area contributed by atoms with E-state index in [2.05, 4.69) is 4.98 Å². The maximum atomic E-state index is 11.3. The van der Waals surface area contributed by atoms with Gasteiger partial charge in [0.25, 0.3) is 0 Å². The molecule has 1 aromatic rings. The number of aryl methyl sites for hydroxylation is 1. The van der Waals surface area contributed by atoms with Gasteiger partial charge < -0.3 is 14.9 Å². The van der Waals surface area contributed by atoms with E-state index in [0.29, 0.717) is 18.9 Å². The molecular formula is C9H14N2O3. The van der Waals surface area contributed by atoms with Gasteiger partial charge in [0.05, 0.1) is 6.61 Å². The van der Waals surface area contributed by atoms with Crippen LogP contribution in [0.1, 0.15) is 36.6 Å². The third-order valence-electron chi connectivity index (χ3n) is 1.63. The Kier molecular flexibility index (Phi) is 3.50. The van der Waals surface area contributed by atoms with Crippen LogP contribution in [0.5, 0.6) is 0 Å². The number of oxazole rings is 1. The van der Waals surface area contributed by atoms with Crippen molar-refractivity contribution >= 4 is 11.9 Å². The van der Waals surface area contributed by atoms with E-state index in [1.54, 1.807) is 6.92 Å². The number of aromatic nitrogens is 1. The fourth-order valence-electron chi connectivity index (χ4n) is 1.04. The van der Waals surface area contributed by atoms with E-state index in [1.807, 2.05) is 6.92 Å². The number of anilines is 1. The third-order valence-corrected chi connectivity index (χ3v) is 1.63. The van der Waals surface area contributed by atoms with Crippen LogP contribution < -0.4 is 5.73 Å². The molecule has 0 atom stereocenters. The minimum absolute atomic E-state index is 0.0342. The molecule has 5 nitrogen and oxygen atoms in total. The predicted molar refractivity (Wildman–Crippen MR) is 50.9 cm³/mol. The molecule has 0 radical (unpaired) electrons. The Morgan fingerprint density at radius 1 is 1.57 bits per heavy atom. The summed E-state index contributed by atoms with van der Waals surface area (Å²) in [5.74, 6) is -0.0175. The maximum Gasteiger partial charge on any atom is 0.362 e. The molecule has 0 bridgehead atoms. The molecule has 0 amide bonds. The Balaban J connectivity index is 2.81. The molecular weight excluding hydrogens is 184 g/mol. The van der Waals surface area contributed by atoms with Gasteiger partial charge >= 0.3 is 5.97 Å². The van der Waals surface area contributed by atoms with Gasteiger partial charge in [-0.1, -0.05) is 6.92 Å². The van der Waals surface area contributed by atoms with Crippen LogP contribution in [0.3, 0.4) is 0 Å². The quantitative estimate of drug-likeness (QED) is 0.739. The van der Waals surface area contributed by atoms with Crippen molar-refractivity contribution in [2.75, 3.05) is 12.3 Å². The number of esters is 1. The zero-order chi connectivity index (χ0) is 10.6. The lowest BCUT2D eigenvalue weighted by Gasteiger charge is -1.96. The predicted octanol–water partition coefficient (Wildman–Crippen LogP) is 1.39. The fraction of sp³-hybridized carbons (Fsp3) is 0.556. The molecule has 0 aliphatic heterocycles. The SMILES string of the molecule is CCCc1nc(C(=O)OCC)c(N)o1. The standard InChI is InChI=1S/C9H14N2O3/c1-3-5-6-11-7(8(10)14-6)9(12)13-4-2/h3-5,10H2,1-2H3. The van der Waals surface area contributed by atoms with Crippen LogP contribution in [0.25, 0.3) is 0 Å². The normalized spacial score (nSPS) is 10.1. The molecule has 0 saturated heterocycles. The molecule has 0 spiro atoms. The van der Waals surface area contributed by atoms with E-state index in [9.17, 15) is 4.79 Å². The molecule has 1 rings (SSSR count). The molecule has 0 aliphatic rings. The monoisotopic (exact) mass is 198 g/mol. The summed E-state index contributed by atoms with van der Waals surface area (Å²) in [4.78, 5) is 15.2. The van der Waals surface area contributed by atoms with E-state index in [0.717, 1.165) is 6.42 Å². The first-order valence-electron chi connectivity index (χ1n) is 4.61. The summed E-state index contributed by atoms with van der Waals surface area (Å²) in [6.07, 6.45) is 1.56. The molecule has 1 aromatic heterocycles. The number of carbonyl (C=O) groups is 1. The lowest BCUT2D eigenvalue weighted by Crippen LogP contribution is -2.07. The Labute approximate surface area is 82.2 Å². The highest BCUT2D eigenvalue weighted by molar-refractivity contribution is 5.91. The highest BCUT2D eigenvalue weighted by atomic mass is 16.5. The lowest BCUT2D eigenvalue weighted by atomic mass is 10.3. The first-order chi connectivity index (χ1) is 6.69. The van der Waals surface area contributed by atoms with Crippen LogP contribution in [0, 0.1) is 0 Å². The zero-order valence-corrected chi connectivity index (χ0v) is 8.37. The number of hydrogen-bond donors (Lipinski definition) is 1. The second kappa shape index (κ2) is 4.64. The second-order valence-electron chi connectivity index (χ2n) is 2.79. The van der Waals surface area contributed by atoms with E-state index in [4.69, 9.17) is 14.9 Å². The Hall–Kier alpha value is -1.52. The summed E-state index contributed by atoms with van der Waals surface area (Å²) >= 11 is 0. The van der Waals surface area contributed by atoms with Gasteiger partial charge in [0, 0.05) is 6.42 Å². The van der Waals surface area contributed by atoms with E-state index < -0.39 is 5.97 Å². The number of nitrogens with two attached hydrogens (primary N) is 1. The molecule has 1 heterocycles. The average molecular weight is 198 g/mol. The average Bonchev–Trinajstić information content (AvgIpc) is 2.48. The van der Waals surface area contributed by atoms with Crippen LogP contribution in [0.4, 0.5) is 5.88 Å². The molecule has 78 valence electrons. The highest BCUT2D eigenvalue weighted by Crippen LogP contribution is 2.15. The fourth-order valence-corrected chi connectivity index (χ4v) is 1.04. The molecule has 14 heavy (non-hydrogen) atoms. The number of ether oxygens (including phenoxy) is 1. The van der Waals surface area contributed by atoms with Gasteiger partial charge in [0.1, 0.15) is 0 Å². The van der Waals surface area contributed by atoms with Crippen LogP contribution in [0.2, 0.25) is 0 Å². The summed E-state index contributed by atoms with van der Waals surface area (Å²) in [5, 5.41) is 0. The van der Waals surface area contributed by atoms with Gasteiger partial charge in [0.2, 0.25) is 11.6 Å². The first kappa shape index (κ1) is 10.6.